The van der Waals surface area contributed by atoms with E-state index in [1.807, 2.05) is 44.3 Å². The van der Waals surface area contributed by atoms with Crippen LogP contribution in [0.25, 0.3) is 0 Å². The van der Waals surface area contributed by atoms with Crippen LogP contribution in [0.1, 0.15) is 16.7 Å². The van der Waals surface area contributed by atoms with Crippen LogP contribution < -0.4 is 10.1 Å². The van der Waals surface area contributed by atoms with E-state index in [2.05, 4.69) is 5.32 Å². The number of para-hydroxylation sites is 1. The minimum Gasteiger partial charge on any atom is -0.485 e. The molecule has 0 unspecified atom stereocenters. The Morgan fingerprint density at radius 3 is 2.68 bits per heavy atom. The summed E-state index contributed by atoms with van der Waals surface area (Å²) in [5.41, 5.74) is 3.04. The van der Waals surface area contributed by atoms with Crippen LogP contribution in [-0.4, -0.2) is 7.05 Å². The lowest BCUT2D eigenvalue weighted by molar-refractivity contribution is 0.286. The number of halogens is 1. The second-order valence-electron chi connectivity index (χ2n) is 4.54. The van der Waals surface area contributed by atoms with Gasteiger partial charge in [0.25, 0.3) is 0 Å². The van der Waals surface area contributed by atoms with Gasteiger partial charge in [-0.15, -0.1) is 0 Å². The minimum atomic E-state index is -0.319. The molecule has 2 rings (SSSR count). The van der Waals surface area contributed by atoms with Crippen molar-refractivity contribution in [3.05, 3.63) is 65.0 Å². The first-order valence-electron chi connectivity index (χ1n) is 6.31. The Bertz CT molecular complexity index is 554. The third-order valence-corrected chi connectivity index (χ3v) is 2.88. The molecule has 0 aliphatic heterocycles. The number of benzene rings is 2. The van der Waals surface area contributed by atoms with E-state index in [4.69, 9.17) is 4.74 Å². The van der Waals surface area contributed by atoms with E-state index in [9.17, 15) is 4.39 Å². The smallest absolute Gasteiger partial charge is 0.165 e. The lowest BCUT2D eigenvalue weighted by atomic mass is 10.1. The molecule has 3 heteroatoms. The van der Waals surface area contributed by atoms with E-state index in [-0.39, 0.29) is 5.82 Å². The normalized spacial score (nSPS) is 10.5. The van der Waals surface area contributed by atoms with Crippen LogP contribution >= 0.6 is 0 Å². The lowest BCUT2D eigenvalue weighted by Gasteiger charge is -2.12. The molecule has 0 saturated heterocycles. The van der Waals surface area contributed by atoms with Gasteiger partial charge in [0.05, 0.1) is 0 Å². The number of aryl methyl sites for hydroxylation is 1. The molecular weight excluding hydrogens is 241 g/mol. The average molecular weight is 259 g/mol. The molecule has 1 N–H and O–H groups in total. The fourth-order valence-electron chi connectivity index (χ4n) is 2.00. The van der Waals surface area contributed by atoms with Crippen LogP contribution in [0.2, 0.25) is 0 Å². The highest BCUT2D eigenvalue weighted by Crippen LogP contribution is 2.23. The first-order valence-corrected chi connectivity index (χ1v) is 6.31. The fourth-order valence-corrected chi connectivity index (χ4v) is 2.00. The molecule has 0 bridgehead atoms. The van der Waals surface area contributed by atoms with Gasteiger partial charge in [-0.1, -0.05) is 42.0 Å². The maximum absolute atomic E-state index is 13.8. The summed E-state index contributed by atoms with van der Waals surface area (Å²) in [7, 11) is 1.83. The molecule has 19 heavy (non-hydrogen) atoms. The SMILES string of the molecule is CNCc1cccc(F)c1OCc1cccc(C)c1. The van der Waals surface area contributed by atoms with E-state index in [1.54, 1.807) is 6.07 Å². The van der Waals surface area contributed by atoms with Crippen molar-refractivity contribution in [2.45, 2.75) is 20.1 Å². The Labute approximate surface area is 113 Å². The molecule has 0 aliphatic carbocycles. The van der Waals surface area contributed by atoms with Crippen LogP contribution in [0, 0.1) is 12.7 Å². The van der Waals surface area contributed by atoms with Crippen molar-refractivity contribution in [3.63, 3.8) is 0 Å². The van der Waals surface area contributed by atoms with Gasteiger partial charge in [0.2, 0.25) is 0 Å². The second kappa shape index (κ2) is 6.34. The Hall–Kier alpha value is -1.87. The van der Waals surface area contributed by atoms with Crippen molar-refractivity contribution in [2.24, 2.45) is 0 Å². The van der Waals surface area contributed by atoms with Crippen molar-refractivity contribution in [3.8, 4) is 5.75 Å². The molecule has 0 amide bonds. The van der Waals surface area contributed by atoms with Crippen LogP contribution in [0.3, 0.4) is 0 Å². The largest absolute Gasteiger partial charge is 0.485 e. The number of ether oxygens (including phenoxy) is 1. The summed E-state index contributed by atoms with van der Waals surface area (Å²) >= 11 is 0. The Balaban J connectivity index is 2.14. The van der Waals surface area contributed by atoms with Crippen LogP contribution in [0.5, 0.6) is 5.75 Å². The predicted molar refractivity (Wildman–Crippen MR) is 74.7 cm³/mol. The lowest BCUT2D eigenvalue weighted by Crippen LogP contribution is -2.08. The summed E-state index contributed by atoms with van der Waals surface area (Å²) in [5.74, 6) is 0.0127. The maximum Gasteiger partial charge on any atom is 0.165 e. The number of nitrogens with one attached hydrogen (secondary N) is 1. The molecule has 0 atom stereocenters. The quantitative estimate of drug-likeness (QED) is 0.888. The van der Waals surface area contributed by atoms with E-state index in [0.29, 0.717) is 18.9 Å². The van der Waals surface area contributed by atoms with E-state index in [0.717, 1.165) is 11.1 Å². The number of hydrogen-bond acceptors (Lipinski definition) is 2. The fraction of sp³-hybridized carbons (Fsp3) is 0.250. The molecule has 0 spiro atoms. The summed E-state index contributed by atoms with van der Waals surface area (Å²) < 4.78 is 19.4. The van der Waals surface area contributed by atoms with Crippen molar-refractivity contribution >= 4 is 0 Å². The zero-order valence-corrected chi connectivity index (χ0v) is 11.2. The first-order chi connectivity index (χ1) is 9.20. The molecular formula is C16H18FNO. The Kier molecular flexibility index (Phi) is 4.53. The summed E-state index contributed by atoms with van der Waals surface area (Å²) in [6, 6.07) is 13.0. The monoisotopic (exact) mass is 259 g/mol. The molecule has 0 aromatic heterocycles. The van der Waals surface area contributed by atoms with Crippen molar-refractivity contribution in [1.82, 2.24) is 5.32 Å². The molecule has 0 aliphatic rings. The van der Waals surface area contributed by atoms with Crippen LogP contribution in [-0.2, 0) is 13.2 Å². The van der Waals surface area contributed by atoms with Gasteiger partial charge in [-0.05, 0) is 25.6 Å². The standard InChI is InChI=1S/C16H18FNO/c1-12-5-3-6-13(9-12)11-19-16-14(10-18-2)7-4-8-15(16)17/h3-9,18H,10-11H2,1-2H3. The maximum atomic E-state index is 13.8. The Morgan fingerprint density at radius 2 is 1.95 bits per heavy atom. The number of hydrogen-bond donors (Lipinski definition) is 1. The molecule has 0 saturated carbocycles. The molecule has 0 radical (unpaired) electrons. The van der Waals surface area contributed by atoms with Crippen molar-refractivity contribution < 1.29 is 9.13 Å². The molecule has 0 fully saturated rings. The van der Waals surface area contributed by atoms with Gasteiger partial charge >= 0.3 is 0 Å². The van der Waals surface area contributed by atoms with Gasteiger partial charge in [-0.25, -0.2) is 4.39 Å². The zero-order valence-electron chi connectivity index (χ0n) is 11.2. The third kappa shape index (κ3) is 3.55. The molecule has 0 heterocycles. The van der Waals surface area contributed by atoms with Gasteiger partial charge in [0.15, 0.2) is 11.6 Å². The van der Waals surface area contributed by atoms with Crippen molar-refractivity contribution in [1.29, 1.82) is 0 Å². The highest BCUT2D eigenvalue weighted by atomic mass is 19.1. The molecule has 2 nitrogen and oxygen atoms in total. The molecule has 2 aromatic carbocycles. The van der Waals surface area contributed by atoms with E-state index in [1.165, 1.54) is 11.6 Å². The van der Waals surface area contributed by atoms with E-state index >= 15 is 0 Å². The van der Waals surface area contributed by atoms with Crippen LogP contribution in [0.4, 0.5) is 4.39 Å². The summed E-state index contributed by atoms with van der Waals surface area (Å²) in [4.78, 5) is 0. The van der Waals surface area contributed by atoms with Gasteiger partial charge in [-0.3, -0.25) is 0 Å². The summed E-state index contributed by atoms with van der Waals surface area (Å²) in [5, 5.41) is 3.01. The highest BCUT2D eigenvalue weighted by Gasteiger charge is 2.09. The van der Waals surface area contributed by atoms with Gasteiger partial charge in [0, 0.05) is 12.1 Å². The van der Waals surface area contributed by atoms with Crippen LogP contribution in [0.15, 0.2) is 42.5 Å². The summed E-state index contributed by atoms with van der Waals surface area (Å²) in [6.45, 7) is 2.99. The average Bonchev–Trinajstić information content (AvgIpc) is 2.38. The second-order valence-corrected chi connectivity index (χ2v) is 4.54. The van der Waals surface area contributed by atoms with Gasteiger partial charge in [0.1, 0.15) is 6.61 Å². The summed E-state index contributed by atoms with van der Waals surface area (Å²) in [6.07, 6.45) is 0. The molecule has 2 aromatic rings. The topological polar surface area (TPSA) is 21.3 Å². The highest BCUT2D eigenvalue weighted by molar-refractivity contribution is 5.35. The van der Waals surface area contributed by atoms with E-state index < -0.39 is 0 Å². The predicted octanol–water partition coefficient (Wildman–Crippen LogP) is 3.43. The third-order valence-electron chi connectivity index (χ3n) is 2.88. The van der Waals surface area contributed by atoms with Gasteiger partial charge in [-0.2, -0.15) is 0 Å². The zero-order chi connectivity index (χ0) is 13.7. The van der Waals surface area contributed by atoms with Crippen molar-refractivity contribution in [2.75, 3.05) is 7.05 Å². The van der Waals surface area contributed by atoms with Gasteiger partial charge < -0.3 is 10.1 Å². The first kappa shape index (κ1) is 13.6. The number of rotatable bonds is 5. The minimum absolute atomic E-state index is 0.319. The molecule has 100 valence electrons. The Morgan fingerprint density at radius 1 is 1.16 bits per heavy atom.